The molecule has 7 heteroatoms. The molecule has 0 aliphatic heterocycles. The van der Waals surface area contributed by atoms with E-state index in [0.717, 1.165) is 0 Å². The highest BCUT2D eigenvalue weighted by Crippen LogP contribution is 2.49. The van der Waals surface area contributed by atoms with Crippen LogP contribution in [0.1, 0.15) is 30.3 Å². The van der Waals surface area contributed by atoms with E-state index in [9.17, 15) is 18.0 Å². The zero-order valence-corrected chi connectivity index (χ0v) is 9.84. The number of alkyl halides is 3. The fourth-order valence-corrected chi connectivity index (χ4v) is 1.87. The molecule has 0 bridgehead atoms. The van der Waals surface area contributed by atoms with Crippen molar-refractivity contribution in [3.63, 3.8) is 0 Å². The first-order valence-electron chi connectivity index (χ1n) is 5.64. The highest BCUT2D eigenvalue weighted by atomic mass is 19.4. The number of nitrogens with zero attached hydrogens (tertiary/aromatic N) is 1. The van der Waals surface area contributed by atoms with Crippen molar-refractivity contribution < 1.29 is 18.0 Å². The first kappa shape index (κ1) is 12.8. The fraction of sp³-hybridized carbons (Fsp3) is 0.545. The number of halogens is 3. The van der Waals surface area contributed by atoms with E-state index < -0.39 is 17.6 Å². The Hall–Kier alpha value is -1.66. The van der Waals surface area contributed by atoms with Crippen LogP contribution < -0.4 is 11.1 Å². The number of rotatable bonds is 3. The molecule has 1 aliphatic rings. The van der Waals surface area contributed by atoms with Crippen LogP contribution >= 0.6 is 0 Å². The first-order chi connectivity index (χ1) is 8.29. The second kappa shape index (κ2) is 3.93. The van der Waals surface area contributed by atoms with Gasteiger partial charge in [-0.05, 0) is 25.8 Å². The molecule has 0 aromatic carbocycles. The number of nitrogen functional groups attached to an aromatic ring is 1. The number of aryl methyl sites for hydroxylation is 1. The maximum Gasteiger partial charge on any atom is 0.411 e. The lowest BCUT2D eigenvalue weighted by Crippen LogP contribution is -2.48. The summed E-state index contributed by atoms with van der Waals surface area (Å²) in [7, 11) is 0. The molecule has 0 spiro atoms. The second-order valence-electron chi connectivity index (χ2n) is 4.48. The van der Waals surface area contributed by atoms with Crippen LogP contribution in [0.15, 0.2) is 12.3 Å². The van der Waals surface area contributed by atoms with Gasteiger partial charge in [-0.25, -0.2) is 0 Å². The van der Waals surface area contributed by atoms with Gasteiger partial charge in [-0.3, -0.25) is 4.79 Å². The number of nitrogens with one attached hydrogen (secondary N) is 1. The minimum atomic E-state index is -4.40. The molecule has 100 valence electrons. The van der Waals surface area contributed by atoms with Gasteiger partial charge in [0.05, 0.1) is 5.69 Å². The van der Waals surface area contributed by atoms with E-state index in [2.05, 4.69) is 5.32 Å². The molecule has 3 N–H and O–H groups in total. The lowest BCUT2D eigenvalue weighted by atomic mass is 10.2. The Balaban J connectivity index is 2.18. The Kier molecular flexibility index (Phi) is 2.79. The number of carbonyl (C=O) groups excluding carboxylic acids is 1. The Bertz CT molecular complexity index is 474. The second-order valence-corrected chi connectivity index (χ2v) is 4.48. The van der Waals surface area contributed by atoms with Crippen molar-refractivity contribution in [3.05, 3.63) is 18.0 Å². The normalized spacial score (nSPS) is 17.6. The molecule has 0 radical (unpaired) electrons. The highest BCUT2D eigenvalue weighted by Gasteiger charge is 2.64. The number of anilines is 1. The number of hydrogen-bond donors (Lipinski definition) is 2. The van der Waals surface area contributed by atoms with E-state index in [1.54, 1.807) is 6.92 Å². The largest absolute Gasteiger partial charge is 0.411 e. The summed E-state index contributed by atoms with van der Waals surface area (Å²) in [4.78, 5) is 11.9. The van der Waals surface area contributed by atoms with Gasteiger partial charge in [0.15, 0.2) is 0 Å². The van der Waals surface area contributed by atoms with Gasteiger partial charge in [0, 0.05) is 12.7 Å². The molecule has 0 atom stereocenters. The van der Waals surface area contributed by atoms with E-state index in [1.165, 1.54) is 16.8 Å². The summed E-state index contributed by atoms with van der Waals surface area (Å²) in [5, 5.41) is 2.07. The first-order valence-corrected chi connectivity index (χ1v) is 5.64. The van der Waals surface area contributed by atoms with E-state index in [1.807, 2.05) is 0 Å². The van der Waals surface area contributed by atoms with Crippen molar-refractivity contribution in [2.75, 3.05) is 5.73 Å². The van der Waals surface area contributed by atoms with Crippen molar-refractivity contribution >= 4 is 11.6 Å². The van der Waals surface area contributed by atoms with Gasteiger partial charge in [-0.1, -0.05) is 0 Å². The van der Waals surface area contributed by atoms with Crippen molar-refractivity contribution in [1.29, 1.82) is 0 Å². The quantitative estimate of drug-likeness (QED) is 0.873. The Morgan fingerprint density at radius 3 is 2.61 bits per heavy atom. The molecule has 0 saturated heterocycles. The van der Waals surface area contributed by atoms with Crippen LogP contribution in [-0.2, 0) is 6.54 Å². The molecular formula is C11H14F3N3O. The smallest absolute Gasteiger partial charge is 0.397 e. The number of aromatic nitrogens is 1. The van der Waals surface area contributed by atoms with E-state index in [-0.39, 0.29) is 18.5 Å². The third kappa shape index (κ3) is 2.04. The van der Waals surface area contributed by atoms with Gasteiger partial charge in [0.25, 0.3) is 5.91 Å². The lowest BCUT2D eigenvalue weighted by Gasteiger charge is -2.20. The third-order valence-electron chi connectivity index (χ3n) is 3.14. The Labute approximate surface area is 102 Å². The summed E-state index contributed by atoms with van der Waals surface area (Å²) in [6, 6.07) is 1.38. The van der Waals surface area contributed by atoms with E-state index in [0.29, 0.717) is 12.2 Å². The number of hydrogen-bond acceptors (Lipinski definition) is 2. The molecule has 1 heterocycles. The number of carbonyl (C=O) groups is 1. The van der Waals surface area contributed by atoms with Crippen LogP contribution in [0.25, 0.3) is 0 Å². The van der Waals surface area contributed by atoms with Crippen LogP contribution in [0.2, 0.25) is 0 Å². The fourth-order valence-electron chi connectivity index (χ4n) is 1.87. The predicted octanol–water partition coefficient (Wildman–Crippen LogP) is 1.91. The Morgan fingerprint density at radius 1 is 1.56 bits per heavy atom. The molecule has 1 fully saturated rings. The van der Waals surface area contributed by atoms with Crippen molar-refractivity contribution in [2.24, 2.45) is 0 Å². The maximum absolute atomic E-state index is 12.7. The van der Waals surface area contributed by atoms with Crippen LogP contribution in [0.5, 0.6) is 0 Å². The molecule has 18 heavy (non-hydrogen) atoms. The van der Waals surface area contributed by atoms with Crippen molar-refractivity contribution in [1.82, 2.24) is 9.88 Å². The molecule has 1 aromatic rings. The van der Waals surface area contributed by atoms with Crippen molar-refractivity contribution in [3.8, 4) is 0 Å². The zero-order chi connectivity index (χ0) is 13.6. The monoisotopic (exact) mass is 261 g/mol. The average molecular weight is 261 g/mol. The van der Waals surface area contributed by atoms with Crippen molar-refractivity contribution in [2.45, 2.75) is 38.0 Å². The Morgan fingerprint density at radius 2 is 2.17 bits per heavy atom. The summed E-state index contributed by atoms with van der Waals surface area (Å²) >= 11 is 0. The van der Waals surface area contributed by atoms with Gasteiger partial charge < -0.3 is 15.6 Å². The molecule has 0 unspecified atom stereocenters. The van der Waals surface area contributed by atoms with Crippen LogP contribution in [0.4, 0.5) is 18.9 Å². The van der Waals surface area contributed by atoms with Gasteiger partial charge >= 0.3 is 6.18 Å². The minimum absolute atomic E-state index is 0.0649. The zero-order valence-electron chi connectivity index (χ0n) is 9.84. The van der Waals surface area contributed by atoms with Gasteiger partial charge in [-0.2, -0.15) is 13.2 Å². The standard InChI is InChI=1S/C11H14F3N3O/c1-2-17-6-7(15)5-8(17)9(18)16-10(3-4-10)11(12,13)14/h5-6H,2-4,15H2,1H3,(H,16,18). The van der Waals surface area contributed by atoms with Gasteiger partial charge in [-0.15, -0.1) is 0 Å². The molecule has 1 aromatic heterocycles. The summed E-state index contributed by atoms with van der Waals surface area (Å²) in [5.74, 6) is -0.733. The summed E-state index contributed by atoms with van der Waals surface area (Å²) in [6.07, 6.45) is -3.00. The maximum atomic E-state index is 12.7. The van der Waals surface area contributed by atoms with E-state index in [4.69, 9.17) is 5.73 Å². The lowest BCUT2D eigenvalue weighted by molar-refractivity contribution is -0.163. The van der Waals surface area contributed by atoms with Crippen LogP contribution in [0.3, 0.4) is 0 Å². The van der Waals surface area contributed by atoms with Gasteiger partial charge in [0.1, 0.15) is 11.2 Å². The molecule has 2 rings (SSSR count). The summed E-state index contributed by atoms with van der Waals surface area (Å²) in [5.41, 5.74) is 4.01. The average Bonchev–Trinajstić information content (AvgIpc) is 2.94. The number of nitrogens with two attached hydrogens (primary N) is 1. The highest BCUT2D eigenvalue weighted by molar-refractivity contribution is 5.94. The predicted molar refractivity (Wildman–Crippen MR) is 60.0 cm³/mol. The van der Waals surface area contributed by atoms with Gasteiger partial charge in [0.2, 0.25) is 0 Å². The number of amides is 1. The summed E-state index contributed by atoms with van der Waals surface area (Å²) < 4.78 is 39.7. The minimum Gasteiger partial charge on any atom is -0.397 e. The summed E-state index contributed by atoms with van der Waals surface area (Å²) in [6.45, 7) is 2.26. The topological polar surface area (TPSA) is 60.0 Å². The molecular weight excluding hydrogens is 247 g/mol. The SMILES string of the molecule is CCn1cc(N)cc1C(=O)NC1(C(F)(F)F)CC1. The molecule has 4 nitrogen and oxygen atoms in total. The molecule has 1 aliphatic carbocycles. The van der Waals surface area contributed by atoms with Crippen LogP contribution in [0, 0.1) is 0 Å². The van der Waals surface area contributed by atoms with E-state index >= 15 is 0 Å². The van der Waals surface area contributed by atoms with Crippen LogP contribution in [-0.4, -0.2) is 22.2 Å². The molecule has 1 saturated carbocycles. The third-order valence-corrected chi connectivity index (χ3v) is 3.14. The molecule has 1 amide bonds.